The van der Waals surface area contributed by atoms with E-state index in [1.807, 2.05) is 72.8 Å². The minimum Gasteiger partial charge on any atom is -0.496 e. The highest BCUT2D eigenvalue weighted by molar-refractivity contribution is 5.96. The third-order valence-corrected chi connectivity index (χ3v) is 6.00. The molecule has 31 heavy (non-hydrogen) atoms. The van der Waals surface area contributed by atoms with Crippen LogP contribution in [0.3, 0.4) is 0 Å². The summed E-state index contributed by atoms with van der Waals surface area (Å²) in [4.78, 5) is 12.7. The van der Waals surface area contributed by atoms with Gasteiger partial charge in [0.2, 0.25) is 5.78 Å². The number of hydrogen-bond acceptors (Lipinski definition) is 3. The largest absolute Gasteiger partial charge is 0.496 e. The lowest BCUT2D eigenvalue weighted by Gasteiger charge is -2.25. The summed E-state index contributed by atoms with van der Waals surface area (Å²) >= 11 is 0. The van der Waals surface area contributed by atoms with E-state index in [0.717, 1.165) is 25.0 Å². The smallest absolute Gasteiger partial charge is 0.205 e. The van der Waals surface area contributed by atoms with Crippen LogP contribution in [0.1, 0.15) is 35.1 Å². The fraction of sp³-hybridized carbons (Fsp3) is 0.250. The Morgan fingerprint density at radius 2 is 1.65 bits per heavy atom. The van der Waals surface area contributed by atoms with E-state index in [4.69, 9.17) is 4.74 Å². The molecule has 3 heteroatoms. The van der Waals surface area contributed by atoms with Crippen LogP contribution in [0, 0.1) is 17.8 Å². The van der Waals surface area contributed by atoms with Gasteiger partial charge in [0.1, 0.15) is 5.75 Å². The third-order valence-electron chi connectivity index (χ3n) is 6.00. The molecule has 0 radical (unpaired) electrons. The van der Waals surface area contributed by atoms with Crippen molar-refractivity contribution in [1.29, 1.82) is 0 Å². The predicted octanol–water partition coefficient (Wildman–Crippen LogP) is 4.70. The normalized spacial score (nSPS) is 15.4. The lowest BCUT2D eigenvalue weighted by Crippen LogP contribution is -2.25. The highest BCUT2D eigenvalue weighted by atomic mass is 16.5. The van der Waals surface area contributed by atoms with Gasteiger partial charge in [-0.15, -0.1) is 0 Å². The zero-order chi connectivity index (χ0) is 21.7. The fourth-order valence-electron chi connectivity index (χ4n) is 4.36. The molecule has 1 atom stereocenters. The summed E-state index contributed by atoms with van der Waals surface area (Å²) in [6.07, 6.45) is 3.08. The van der Waals surface area contributed by atoms with Gasteiger partial charge < -0.3 is 9.84 Å². The zero-order valence-corrected chi connectivity index (χ0v) is 17.7. The number of ether oxygens (including phenoxy) is 1. The Balaban J connectivity index is 1.53. The fourth-order valence-corrected chi connectivity index (χ4v) is 4.36. The molecule has 0 heterocycles. The van der Waals surface area contributed by atoms with Crippen LogP contribution in [0.4, 0.5) is 0 Å². The molecule has 0 bridgehead atoms. The number of fused-ring (bicyclic) bond motifs is 1. The van der Waals surface area contributed by atoms with E-state index in [2.05, 4.69) is 17.9 Å². The standard InChI is InChI=1S/C28H26O3/c1-31-27-14-8-9-22-19-21(15-16-26(22)27)20-25(29)17-18-28(30,23-10-4-2-5-11-23)24-12-6-3-7-13-24/h2-14,21,30H,15-16,19-20H2,1H3. The second kappa shape index (κ2) is 9.20. The molecule has 0 spiro atoms. The van der Waals surface area contributed by atoms with Crippen LogP contribution in [0.25, 0.3) is 0 Å². The molecular formula is C28H26O3. The summed E-state index contributed by atoms with van der Waals surface area (Å²) < 4.78 is 5.47. The summed E-state index contributed by atoms with van der Waals surface area (Å²) in [5.74, 6) is 6.69. The average Bonchev–Trinajstić information content (AvgIpc) is 2.83. The Bertz CT molecular complexity index is 1070. The maximum atomic E-state index is 12.7. The van der Waals surface area contributed by atoms with Gasteiger partial charge in [-0.05, 0) is 54.2 Å². The van der Waals surface area contributed by atoms with Crippen molar-refractivity contribution in [3.63, 3.8) is 0 Å². The quantitative estimate of drug-likeness (QED) is 0.490. The number of rotatable bonds is 5. The minimum absolute atomic E-state index is 0.137. The van der Waals surface area contributed by atoms with E-state index in [1.54, 1.807) is 7.11 Å². The molecule has 0 saturated carbocycles. The van der Waals surface area contributed by atoms with Gasteiger partial charge in [-0.25, -0.2) is 0 Å². The van der Waals surface area contributed by atoms with Crippen LogP contribution in [0.2, 0.25) is 0 Å². The van der Waals surface area contributed by atoms with Crippen LogP contribution in [-0.4, -0.2) is 18.0 Å². The number of carbonyl (C=O) groups excluding carboxylic acids is 1. The highest BCUT2D eigenvalue weighted by Crippen LogP contribution is 2.33. The molecule has 4 rings (SSSR count). The zero-order valence-electron chi connectivity index (χ0n) is 17.7. The van der Waals surface area contributed by atoms with Crippen molar-refractivity contribution < 1.29 is 14.6 Å². The van der Waals surface area contributed by atoms with E-state index in [-0.39, 0.29) is 11.7 Å². The molecular weight excluding hydrogens is 384 g/mol. The van der Waals surface area contributed by atoms with Crippen molar-refractivity contribution in [2.45, 2.75) is 31.3 Å². The molecule has 3 aromatic rings. The van der Waals surface area contributed by atoms with Crippen LogP contribution < -0.4 is 4.74 Å². The Labute approximate surface area is 183 Å². The number of hydrogen-bond donors (Lipinski definition) is 1. The van der Waals surface area contributed by atoms with E-state index < -0.39 is 5.60 Å². The molecule has 3 nitrogen and oxygen atoms in total. The Morgan fingerprint density at radius 3 is 2.26 bits per heavy atom. The van der Waals surface area contributed by atoms with Gasteiger partial charge in [-0.3, -0.25) is 4.79 Å². The first kappa shape index (κ1) is 20.9. The molecule has 0 fully saturated rings. The summed E-state index contributed by atoms with van der Waals surface area (Å²) in [7, 11) is 1.70. The Kier molecular flexibility index (Phi) is 6.21. The van der Waals surface area contributed by atoms with Gasteiger partial charge in [0.15, 0.2) is 5.60 Å². The monoisotopic (exact) mass is 410 g/mol. The van der Waals surface area contributed by atoms with Gasteiger partial charge in [-0.2, -0.15) is 0 Å². The predicted molar refractivity (Wildman–Crippen MR) is 122 cm³/mol. The minimum atomic E-state index is -1.52. The van der Waals surface area contributed by atoms with Crippen molar-refractivity contribution in [2.24, 2.45) is 5.92 Å². The topological polar surface area (TPSA) is 46.5 Å². The number of methoxy groups -OCH3 is 1. The molecule has 0 aromatic heterocycles. The average molecular weight is 411 g/mol. The number of benzene rings is 3. The number of Topliss-reactive ketones (excluding diaryl/α,β-unsaturated/α-hetero) is 1. The van der Waals surface area contributed by atoms with Crippen LogP contribution in [0.15, 0.2) is 78.9 Å². The van der Waals surface area contributed by atoms with Gasteiger partial charge >= 0.3 is 0 Å². The summed E-state index contributed by atoms with van der Waals surface area (Å²) in [6, 6.07) is 24.7. The molecule has 156 valence electrons. The molecule has 1 aliphatic rings. The molecule has 1 aliphatic carbocycles. The number of carbonyl (C=O) groups is 1. The number of ketones is 1. The van der Waals surface area contributed by atoms with Gasteiger partial charge in [0, 0.05) is 17.5 Å². The molecule has 0 amide bonds. The van der Waals surface area contributed by atoms with Crippen molar-refractivity contribution in [3.05, 3.63) is 101 Å². The maximum Gasteiger partial charge on any atom is 0.205 e. The van der Waals surface area contributed by atoms with E-state index in [1.165, 1.54) is 11.1 Å². The van der Waals surface area contributed by atoms with Gasteiger partial charge in [0.05, 0.1) is 7.11 Å². The summed E-state index contributed by atoms with van der Waals surface area (Å²) in [6.45, 7) is 0. The molecule has 0 aliphatic heterocycles. The first-order valence-electron chi connectivity index (χ1n) is 10.6. The first-order chi connectivity index (χ1) is 15.1. The van der Waals surface area contributed by atoms with Gasteiger partial charge in [0.25, 0.3) is 0 Å². The second-order valence-corrected chi connectivity index (χ2v) is 8.03. The van der Waals surface area contributed by atoms with E-state index in [9.17, 15) is 9.90 Å². The van der Waals surface area contributed by atoms with Crippen molar-refractivity contribution >= 4 is 5.78 Å². The molecule has 1 unspecified atom stereocenters. The molecule has 3 aromatic carbocycles. The lowest BCUT2D eigenvalue weighted by molar-refractivity contribution is -0.114. The first-order valence-corrected chi connectivity index (χ1v) is 10.6. The van der Waals surface area contributed by atoms with Crippen LogP contribution in [-0.2, 0) is 23.2 Å². The second-order valence-electron chi connectivity index (χ2n) is 8.03. The Morgan fingerprint density at radius 1 is 1.00 bits per heavy atom. The molecule has 1 N–H and O–H groups in total. The van der Waals surface area contributed by atoms with Crippen molar-refractivity contribution in [2.75, 3.05) is 7.11 Å². The van der Waals surface area contributed by atoms with Crippen LogP contribution in [0.5, 0.6) is 5.75 Å². The summed E-state index contributed by atoms with van der Waals surface area (Å²) in [5, 5.41) is 11.5. The van der Waals surface area contributed by atoms with E-state index >= 15 is 0 Å². The van der Waals surface area contributed by atoms with Crippen LogP contribution >= 0.6 is 0 Å². The highest BCUT2D eigenvalue weighted by Gasteiger charge is 2.29. The SMILES string of the molecule is COc1cccc2c1CCC(CC(=O)C#CC(O)(c1ccccc1)c1ccccc1)C2. The van der Waals surface area contributed by atoms with Gasteiger partial charge in [-0.1, -0.05) is 72.8 Å². The maximum absolute atomic E-state index is 12.7. The third kappa shape index (κ3) is 4.55. The lowest BCUT2D eigenvalue weighted by atomic mass is 9.81. The Hall–Kier alpha value is -3.35. The van der Waals surface area contributed by atoms with E-state index in [0.29, 0.717) is 17.5 Å². The number of aliphatic hydroxyl groups is 1. The van der Waals surface area contributed by atoms with Crippen molar-refractivity contribution in [3.8, 4) is 17.6 Å². The molecule has 0 saturated heterocycles. The summed E-state index contributed by atoms with van der Waals surface area (Å²) in [5.41, 5.74) is 2.29. The van der Waals surface area contributed by atoms with Crippen molar-refractivity contribution in [1.82, 2.24) is 0 Å².